The van der Waals surface area contributed by atoms with E-state index >= 15 is 0 Å². The van der Waals surface area contributed by atoms with E-state index in [2.05, 4.69) is 21.5 Å². The third-order valence-electron chi connectivity index (χ3n) is 3.73. The van der Waals surface area contributed by atoms with Crippen molar-refractivity contribution in [2.24, 2.45) is 0 Å². The maximum atomic E-state index is 14.2. The van der Waals surface area contributed by atoms with Gasteiger partial charge in [0.25, 0.3) is 0 Å². The minimum atomic E-state index is -0.500. The molecule has 1 aliphatic rings. The van der Waals surface area contributed by atoms with Crippen LogP contribution in [0.5, 0.6) is 11.6 Å². The quantitative estimate of drug-likeness (QED) is 0.694. The number of nitrogens with zero attached hydrogens (tertiary/aromatic N) is 3. The van der Waals surface area contributed by atoms with Crippen LogP contribution in [0.3, 0.4) is 0 Å². The normalized spacial score (nSPS) is 16.9. The molecule has 0 spiro atoms. The third-order valence-corrected chi connectivity index (χ3v) is 3.73. The lowest BCUT2D eigenvalue weighted by Crippen LogP contribution is -2.17. The first kappa shape index (κ1) is 14.4. The molecule has 0 aliphatic heterocycles. The van der Waals surface area contributed by atoms with Crippen molar-refractivity contribution in [2.45, 2.75) is 25.2 Å². The number of aromatic hydroxyl groups is 1. The number of ether oxygens (including phenoxy) is 1. The minimum absolute atomic E-state index is 0.0248. The molecule has 0 radical (unpaired) electrons. The number of hydrogen-bond acceptors (Lipinski definition) is 5. The molecule has 3 rings (SSSR count). The molecule has 0 saturated heterocycles. The molecule has 22 heavy (non-hydrogen) atoms. The summed E-state index contributed by atoms with van der Waals surface area (Å²) in [5.74, 6) is 0.464. The first-order valence-corrected chi connectivity index (χ1v) is 7.10. The molecule has 0 bridgehead atoms. The monoisotopic (exact) mass is 301 g/mol. The van der Waals surface area contributed by atoms with E-state index in [9.17, 15) is 9.50 Å². The SMILES string of the molecule is C=CCOc1cc2c(c(F)n1)CC(c1ncc(O)cn1)CC2. The summed E-state index contributed by atoms with van der Waals surface area (Å²) in [7, 11) is 0. The van der Waals surface area contributed by atoms with Gasteiger partial charge in [-0.15, -0.1) is 0 Å². The van der Waals surface area contributed by atoms with Crippen LogP contribution < -0.4 is 4.74 Å². The van der Waals surface area contributed by atoms with E-state index in [4.69, 9.17) is 4.74 Å². The summed E-state index contributed by atoms with van der Waals surface area (Å²) in [6, 6.07) is 1.79. The topological polar surface area (TPSA) is 68.1 Å². The summed E-state index contributed by atoms with van der Waals surface area (Å²) in [6.45, 7) is 3.86. The Hall–Kier alpha value is -2.50. The van der Waals surface area contributed by atoms with Crippen LogP contribution in [0.1, 0.15) is 29.3 Å². The molecular weight excluding hydrogens is 285 g/mol. The molecule has 1 atom stereocenters. The van der Waals surface area contributed by atoms with Crippen LogP contribution in [-0.4, -0.2) is 26.7 Å². The molecule has 0 amide bonds. The summed E-state index contributed by atoms with van der Waals surface area (Å²) in [5, 5.41) is 9.24. The van der Waals surface area contributed by atoms with Crippen LogP contribution in [0.15, 0.2) is 31.1 Å². The van der Waals surface area contributed by atoms with Gasteiger partial charge in [0, 0.05) is 17.5 Å². The van der Waals surface area contributed by atoms with E-state index in [1.807, 2.05) is 0 Å². The smallest absolute Gasteiger partial charge is 0.219 e. The van der Waals surface area contributed by atoms with Crippen LogP contribution in [0.4, 0.5) is 4.39 Å². The molecule has 1 N–H and O–H groups in total. The molecule has 0 saturated carbocycles. The van der Waals surface area contributed by atoms with Crippen molar-refractivity contribution in [1.82, 2.24) is 15.0 Å². The number of aromatic nitrogens is 3. The molecule has 1 aliphatic carbocycles. The Labute approximate surface area is 127 Å². The Bertz CT molecular complexity index is 689. The third kappa shape index (κ3) is 2.90. The van der Waals surface area contributed by atoms with Crippen molar-refractivity contribution in [1.29, 1.82) is 0 Å². The molecule has 2 heterocycles. The Morgan fingerprint density at radius 1 is 1.41 bits per heavy atom. The summed E-state index contributed by atoms with van der Waals surface area (Å²) < 4.78 is 19.5. The molecule has 0 fully saturated rings. The summed E-state index contributed by atoms with van der Waals surface area (Å²) in [4.78, 5) is 12.1. The molecule has 6 heteroatoms. The average molecular weight is 301 g/mol. The van der Waals surface area contributed by atoms with Gasteiger partial charge in [0.15, 0.2) is 5.75 Å². The molecule has 5 nitrogen and oxygen atoms in total. The molecule has 114 valence electrons. The van der Waals surface area contributed by atoms with Gasteiger partial charge in [-0.25, -0.2) is 9.97 Å². The predicted octanol–water partition coefficient (Wildman–Crippen LogP) is 2.55. The Morgan fingerprint density at radius 3 is 2.91 bits per heavy atom. The zero-order chi connectivity index (χ0) is 15.5. The highest BCUT2D eigenvalue weighted by atomic mass is 19.1. The molecule has 2 aromatic heterocycles. The summed E-state index contributed by atoms with van der Waals surface area (Å²) in [6.07, 6.45) is 6.35. The zero-order valence-corrected chi connectivity index (χ0v) is 12.0. The van der Waals surface area contributed by atoms with Crippen molar-refractivity contribution in [3.8, 4) is 11.6 Å². The van der Waals surface area contributed by atoms with Crippen LogP contribution in [0, 0.1) is 5.95 Å². The lowest BCUT2D eigenvalue weighted by Gasteiger charge is -2.23. The van der Waals surface area contributed by atoms with E-state index in [1.54, 1.807) is 12.1 Å². The molecule has 1 unspecified atom stereocenters. The zero-order valence-electron chi connectivity index (χ0n) is 12.0. The fourth-order valence-corrected chi connectivity index (χ4v) is 2.66. The number of fused-ring (bicyclic) bond motifs is 1. The van der Waals surface area contributed by atoms with Crippen LogP contribution >= 0.6 is 0 Å². The highest BCUT2D eigenvalue weighted by molar-refractivity contribution is 5.34. The number of hydrogen-bond donors (Lipinski definition) is 1. The highest BCUT2D eigenvalue weighted by Crippen LogP contribution is 2.33. The van der Waals surface area contributed by atoms with Crippen LogP contribution in [0.25, 0.3) is 0 Å². The fourth-order valence-electron chi connectivity index (χ4n) is 2.66. The van der Waals surface area contributed by atoms with Crippen molar-refractivity contribution in [2.75, 3.05) is 6.61 Å². The van der Waals surface area contributed by atoms with E-state index < -0.39 is 5.95 Å². The van der Waals surface area contributed by atoms with Gasteiger partial charge in [0.1, 0.15) is 12.4 Å². The standard InChI is InChI=1S/C16H16FN3O2/c1-2-5-22-14-7-10-3-4-11(6-13(10)15(17)20-14)16-18-8-12(21)9-19-16/h2,7-9,11,21H,1,3-6H2. The van der Waals surface area contributed by atoms with E-state index in [0.29, 0.717) is 30.8 Å². The average Bonchev–Trinajstić information content (AvgIpc) is 2.53. The van der Waals surface area contributed by atoms with Crippen molar-refractivity contribution in [3.63, 3.8) is 0 Å². The second-order valence-corrected chi connectivity index (χ2v) is 5.23. The van der Waals surface area contributed by atoms with E-state index in [-0.39, 0.29) is 17.5 Å². The fraction of sp³-hybridized carbons (Fsp3) is 0.312. The van der Waals surface area contributed by atoms with Gasteiger partial charge in [-0.2, -0.15) is 9.37 Å². The summed E-state index contributed by atoms with van der Waals surface area (Å²) >= 11 is 0. The molecule has 0 aromatic carbocycles. The lowest BCUT2D eigenvalue weighted by molar-refractivity contribution is 0.338. The molecule has 2 aromatic rings. The maximum Gasteiger partial charge on any atom is 0.219 e. The highest BCUT2D eigenvalue weighted by Gasteiger charge is 2.26. The van der Waals surface area contributed by atoms with Gasteiger partial charge in [0.2, 0.25) is 11.8 Å². The minimum Gasteiger partial charge on any atom is -0.505 e. The number of rotatable bonds is 4. The van der Waals surface area contributed by atoms with Crippen LogP contribution in [0.2, 0.25) is 0 Å². The first-order chi connectivity index (χ1) is 10.7. The second-order valence-electron chi connectivity index (χ2n) is 5.23. The second kappa shape index (κ2) is 6.09. The lowest BCUT2D eigenvalue weighted by atomic mass is 9.84. The van der Waals surface area contributed by atoms with Gasteiger partial charge in [0.05, 0.1) is 12.4 Å². The maximum absolute atomic E-state index is 14.2. The number of halogens is 1. The molecular formula is C16H16FN3O2. The van der Waals surface area contributed by atoms with Gasteiger partial charge < -0.3 is 9.84 Å². The Morgan fingerprint density at radius 2 is 2.18 bits per heavy atom. The first-order valence-electron chi connectivity index (χ1n) is 7.10. The predicted molar refractivity (Wildman–Crippen MR) is 78.3 cm³/mol. The van der Waals surface area contributed by atoms with Crippen LogP contribution in [-0.2, 0) is 12.8 Å². The number of aryl methyl sites for hydroxylation is 1. The van der Waals surface area contributed by atoms with Gasteiger partial charge in [-0.05, 0) is 24.8 Å². The Kier molecular flexibility index (Phi) is 4.00. The van der Waals surface area contributed by atoms with Gasteiger partial charge in [-0.1, -0.05) is 12.7 Å². The number of pyridine rings is 1. The summed E-state index contributed by atoms with van der Waals surface area (Å²) in [5.41, 5.74) is 1.51. The van der Waals surface area contributed by atoms with Gasteiger partial charge >= 0.3 is 0 Å². The van der Waals surface area contributed by atoms with Crippen molar-refractivity contribution in [3.05, 3.63) is 54.0 Å². The van der Waals surface area contributed by atoms with Gasteiger partial charge in [-0.3, -0.25) is 0 Å². The van der Waals surface area contributed by atoms with Crippen molar-refractivity contribution >= 4 is 0 Å². The largest absolute Gasteiger partial charge is 0.505 e. The van der Waals surface area contributed by atoms with E-state index in [0.717, 1.165) is 12.0 Å². The Balaban J connectivity index is 1.83. The van der Waals surface area contributed by atoms with E-state index in [1.165, 1.54) is 12.4 Å². The van der Waals surface area contributed by atoms with Crippen molar-refractivity contribution < 1.29 is 14.2 Å².